The molecule has 4 heterocycles. The van der Waals surface area contributed by atoms with Crippen molar-refractivity contribution in [3.8, 4) is 0 Å². The van der Waals surface area contributed by atoms with E-state index in [2.05, 4.69) is 74.1 Å². The monoisotopic (exact) mass is 487 g/mol. The molecule has 6 nitrogen and oxygen atoms in total. The van der Waals surface area contributed by atoms with Gasteiger partial charge in [-0.2, -0.15) is 0 Å². The molecule has 0 spiro atoms. The molecule has 1 aliphatic rings. The van der Waals surface area contributed by atoms with Crippen LogP contribution in [0.15, 0.2) is 70.6 Å². The van der Waals surface area contributed by atoms with Crippen molar-refractivity contribution in [1.82, 2.24) is 24.1 Å². The van der Waals surface area contributed by atoms with E-state index >= 15 is 0 Å². The Balaban J connectivity index is 1.42. The maximum Gasteiger partial charge on any atom is 0.263 e. The van der Waals surface area contributed by atoms with E-state index in [9.17, 15) is 4.79 Å². The Morgan fingerprint density at radius 2 is 1.74 bits per heavy atom. The molecule has 8 heteroatoms. The van der Waals surface area contributed by atoms with E-state index in [1.807, 2.05) is 13.0 Å². The number of thiophene rings is 1. The smallest absolute Gasteiger partial charge is 0.263 e. The lowest BCUT2D eigenvalue weighted by molar-refractivity contribution is 0.249. The van der Waals surface area contributed by atoms with Crippen LogP contribution in [0.2, 0.25) is 0 Å². The van der Waals surface area contributed by atoms with Gasteiger partial charge in [0, 0.05) is 36.8 Å². The van der Waals surface area contributed by atoms with Crippen LogP contribution in [0, 0.1) is 0 Å². The highest BCUT2D eigenvalue weighted by Crippen LogP contribution is 2.36. The van der Waals surface area contributed by atoms with Crippen molar-refractivity contribution in [2.45, 2.75) is 43.9 Å². The summed E-state index contributed by atoms with van der Waals surface area (Å²) in [4.78, 5) is 18.3. The van der Waals surface area contributed by atoms with Crippen LogP contribution in [-0.4, -0.2) is 30.6 Å². The Hall–Kier alpha value is -2.94. The van der Waals surface area contributed by atoms with Gasteiger partial charge in [-0.1, -0.05) is 72.4 Å². The minimum atomic E-state index is 0.0611. The first-order valence-electron chi connectivity index (χ1n) is 11.6. The summed E-state index contributed by atoms with van der Waals surface area (Å²) in [5.74, 6) is 1.44. The quantitative estimate of drug-likeness (QED) is 0.316. The number of thioether (sulfide) groups is 1. The molecule has 0 fully saturated rings. The van der Waals surface area contributed by atoms with Crippen LogP contribution < -0.4 is 5.56 Å². The lowest BCUT2D eigenvalue weighted by Gasteiger charge is -2.26. The fraction of sp³-hybridized carbons (Fsp3) is 0.269. The van der Waals surface area contributed by atoms with Crippen LogP contribution in [0.1, 0.15) is 28.5 Å². The van der Waals surface area contributed by atoms with Gasteiger partial charge in [0.05, 0.1) is 5.39 Å². The average molecular weight is 488 g/mol. The Bertz CT molecular complexity index is 1520. The zero-order valence-corrected chi connectivity index (χ0v) is 20.6. The molecule has 0 unspecified atom stereocenters. The highest BCUT2D eigenvalue weighted by molar-refractivity contribution is 7.98. The van der Waals surface area contributed by atoms with E-state index in [4.69, 9.17) is 0 Å². The standard InChI is InChI=1S/C26H25N5OS2/c1-2-30-23(32)22-20-13-14-29(15-18-9-5-3-6-10-18)16-21(20)34-24(22)31-25(30)27-28-26(31)33-17-19-11-7-4-8-12-19/h3-12H,2,13-17H2,1H3. The zero-order chi connectivity index (χ0) is 23.1. The average Bonchev–Trinajstić information content (AvgIpc) is 3.46. The topological polar surface area (TPSA) is 55.4 Å². The summed E-state index contributed by atoms with van der Waals surface area (Å²) in [5, 5.41) is 10.6. The van der Waals surface area contributed by atoms with Crippen LogP contribution in [0.4, 0.5) is 0 Å². The van der Waals surface area contributed by atoms with E-state index in [0.717, 1.165) is 47.2 Å². The van der Waals surface area contributed by atoms with Gasteiger partial charge in [-0.05, 0) is 30.0 Å². The van der Waals surface area contributed by atoms with Gasteiger partial charge in [0.25, 0.3) is 5.56 Å². The van der Waals surface area contributed by atoms with Crippen LogP contribution in [0.3, 0.4) is 0 Å². The predicted molar refractivity (Wildman–Crippen MR) is 139 cm³/mol. The molecule has 0 saturated carbocycles. The van der Waals surface area contributed by atoms with Crippen molar-refractivity contribution in [2.75, 3.05) is 6.54 Å². The van der Waals surface area contributed by atoms with Gasteiger partial charge < -0.3 is 0 Å². The number of nitrogens with zero attached hydrogens (tertiary/aromatic N) is 5. The van der Waals surface area contributed by atoms with Crippen LogP contribution in [0.5, 0.6) is 0 Å². The summed E-state index contributed by atoms with van der Waals surface area (Å²) in [7, 11) is 0. The second-order valence-electron chi connectivity index (χ2n) is 8.57. The second kappa shape index (κ2) is 9.02. The third kappa shape index (κ3) is 3.76. The largest absolute Gasteiger partial charge is 0.294 e. The molecule has 2 aromatic carbocycles. The van der Waals surface area contributed by atoms with Gasteiger partial charge in [0.1, 0.15) is 4.83 Å². The first-order valence-corrected chi connectivity index (χ1v) is 13.4. The fourth-order valence-corrected chi connectivity index (χ4v) is 7.06. The first kappa shape index (κ1) is 21.6. The highest BCUT2D eigenvalue weighted by Gasteiger charge is 2.27. The summed E-state index contributed by atoms with van der Waals surface area (Å²) in [5.41, 5.74) is 3.84. The van der Waals surface area contributed by atoms with Crippen molar-refractivity contribution in [3.63, 3.8) is 0 Å². The number of fused-ring (bicyclic) bond motifs is 5. The summed E-state index contributed by atoms with van der Waals surface area (Å²) >= 11 is 3.40. The molecular weight excluding hydrogens is 462 g/mol. The number of aryl methyl sites for hydroxylation is 1. The summed E-state index contributed by atoms with van der Waals surface area (Å²) < 4.78 is 3.88. The minimum absolute atomic E-state index is 0.0611. The van der Waals surface area contributed by atoms with Crippen molar-refractivity contribution < 1.29 is 0 Å². The molecule has 0 amide bonds. The van der Waals surface area contributed by atoms with E-state index in [-0.39, 0.29) is 5.56 Å². The van der Waals surface area contributed by atoms with Crippen LogP contribution in [-0.2, 0) is 31.8 Å². The van der Waals surface area contributed by atoms with Gasteiger partial charge in [0.2, 0.25) is 5.78 Å². The maximum atomic E-state index is 13.5. The van der Waals surface area contributed by atoms with E-state index in [0.29, 0.717) is 12.3 Å². The number of benzene rings is 2. The fourth-order valence-electron chi connectivity index (χ4n) is 4.74. The SMILES string of the molecule is CCn1c(=O)c2c3c(sc2n2c(SCc4ccccc4)nnc12)CN(Cc1ccccc1)CC3. The van der Waals surface area contributed by atoms with Gasteiger partial charge in [-0.3, -0.25) is 14.3 Å². The van der Waals surface area contributed by atoms with Crippen molar-refractivity contribution >= 4 is 39.1 Å². The van der Waals surface area contributed by atoms with Crippen molar-refractivity contribution in [2.24, 2.45) is 0 Å². The van der Waals surface area contributed by atoms with Gasteiger partial charge >= 0.3 is 0 Å². The molecule has 0 N–H and O–H groups in total. The van der Waals surface area contributed by atoms with E-state index < -0.39 is 0 Å². The summed E-state index contributed by atoms with van der Waals surface area (Å²) in [6.07, 6.45) is 0.890. The molecule has 34 heavy (non-hydrogen) atoms. The zero-order valence-electron chi connectivity index (χ0n) is 19.0. The highest BCUT2D eigenvalue weighted by atomic mass is 32.2. The molecule has 0 saturated heterocycles. The third-order valence-corrected chi connectivity index (χ3v) is 8.62. The first-order chi connectivity index (χ1) is 16.7. The van der Waals surface area contributed by atoms with Crippen LogP contribution in [0.25, 0.3) is 16.0 Å². The molecule has 3 aromatic heterocycles. The molecule has 5 aromatic rings. The molecule has 172 valence electrons. The predicted octanol–water partition coefficient (Wildman–Crippen LogP) is 4.98. The lowest BCUT2D eigenvalue weighted by atomic mass is 10.0. The van der Waals surface area contributed by atoms with Crippen molar-refractivity contribution in [1.29, 1.82) is 0 Å². The number of rotatable bonds is 6. The summed E-state index contributed by atoms with van der Waals surface area (Å²) in [6, 6.07) is 21.0. The lowest BCUT2D eigenvalue weighted by Crippen LogP contribution is -2.30. The molecule has 6 rings (SSSR count). The van der Waals surface area contributed by atoms with Crippen molar-refractivity contribution in [3.05, 3.63) is 92.6 Å². The molecule has 0 radical (unpaired) electrons. The molecule has 1 aliphatic heterocycles. The Morgan fingerprint density at radius 1 is 1.00 bits per heavy atom. The normalized spacial score (nSPS) is 14.1. The maximum absolute atomic E-state index is 13.5. The van der Waals surface area contributed by atoms with Crippen LogP contribution >= 0.6 is 23.1 Å². The van der Waals surface area contributed by atoms with Gasteiger partial charge in [0.15, 0.2) is 5.16 Å². The molecule has 0 aliphatic carbocycles. The Morgan fingerprint density at radius 3 is 2.47 bits per heavy atom. The van der Waals surface area contributed by atoms with Gasteiger partial charge in [-0.25, -0.2) is 4.40 Å². The molecule has 0 atom stereocenters. The minimum Gasteiger partial charge on any atom is -0.294 e. The van der Waals surface area contributed by atoms with E-state index in [1.54, 1.807) is 27.7 Å². The number of hydrogen-bond donors (Lipinski definition) is 0. The Labute approximate surface area is 205 Å². The number of hydrogen-bond acceptors (Lipinski definition) is 6. The Kier molecular flexibility index (Phi) is 5.72. The summed E-state index contributed by atoms with van der Waals surface area (Å²) in [6.45, 7) is 5.32. The molecular formula is C26H25N5OS2. The van der Waals surface area contributed by atoms with Gasteiger partial charge in [-0.15, -0.1) is 21.5 Å². The molecule has 0 bridgehead atoms. The number of aromatic nitrogens is 4. The van der Waals surface area contributed by atoms with E-state index in [1.165, 1.54) is 21.6 Å². The third-order valence-electron chi connectivity index (χ3n) is 6.41. The second-order valence-corrected chi connectivity index (χ2v) is 10.6.